The van der Waals surface area contributed by atoms with E-state index in [-0.39, 0.29) is 17.2 Å². The molecule has 0 fully saturated rings. The average Bonchev–Trinajstić information content (AvgIpc) is 3.34. The van der Waals surface area contributed by atoms with Gasteiger partial charge in [-0.15, -0.1) is 0 Å². The van der Waals surface area contributed by atoms with E-state index in [1.807, 2.05) is 48.7 Å². The summed E-state index contributed by atoms with van der Waals surface area (Å²) in [5.74, 6) is -0.184. The third-order valence-corrected chi connectivity index (χ3v) is 6.30. The first-order valence-corrected chi connectivity index (χ1v) is 11.2. The molecule has 0 radical (unpaired) electrons. The van der Waals surface area contributed by atoms with E-state index in [4.69, 9.17) is 0 Å². The number of fused-ring (bicyclic) bond motifs is 2. The molecule has 5 aromatic rings. The summed E-state index contributed by atoms with van der Waals surface area (Å²) in [6, 6.07) is 20.3. The van der Waals surface area contributed by atoms with Crippen molar-refractivity contribution in [3.05, 3.63) is 107 Å². The average molecular weight is 447 g/mol. The van der Waals surface area contributed by atoms with E-state index in [9.17, 15) is 9.59 Å². The number of nitrogens with one attached hydrogen (secondary N) is 1. The first-order valence-electron chi connectivity index (χ1n) is 11.2. The molecule has 0 unspecified atom stereocenters. The third kappa shape index (κ3) is 3.29. The lowest BCUT2D eigenvalue weighted by molar-refractivity contribution is 0.0767. The van der Waals surface area contributed by atoms with Crippen LogP contribution in [0.1, 0.15) is 22.5 Å². The monoisotopic (exact) mass is 447 g/mol. The maximum atomic E-state index is 13.6. The number of amides is 1. The molecule has 0 spiro atoms. The molecule has 0 bridgehead atoms. The van der Waals surface area contributed by atoms with E-state index in [1.165, 1.54) is 10.3 Å². The van der Waals surface area contributed by atoms with Gasteiger partial charge in [-0.05, 0) is 42.3 Å². The standard InChI is InChI=1S/C27H21N5O2/c33-26-22-10-5-4-9-20(22)24(30-32(26)19-7-2-1-3-8-19)27(34)31-15-12-18(13-16-31)23-17-29-25-21(23)11-6-14-28-25/h1-12,14,17H,13,15-16H2,(H,28,29). The molecule has 0 saturated heterocycles. The zero-order valence-corrected chi connectivity index (χ0v) is 18.3. The van der Waals surface area contributed by atoms with Crippen molar-refractivity contribution >= 4 is 33.3 Å². The highest BCUT2D eigenvalue weighted by Crippen LogP contribution is 2.29. The largest absolute Gasteiger partial charge is 0.346 e. The van der Waals surface area contributed by atoms with Crippen molar-refractivity contribution in [1.29, 1.82) is 0 Å². The molecule has 1 aliphatic heterocycles. The molecular formula is C27H21N5O2. The number of nitrogens with zero attached hydrogens (tertiary/aromatic N) is 4. The van der Waals surface area contributed by atoms with Crippen LogP contribution in [0.15, 0.2) is 90.0 Å². The second-order valence-electron chi connectivity index (χ2n) is 8.28. The Kier molecular flexibility index (Phi) is 4.80. The number of hydrogen-bond acceptors (Lipinski definition) is 4. The van der Waals surface area contributed by atoms with Crippen molar-refractivity contribution in [2.75, 3.05) is 13.1 Å². The Morgan fingerprint density at radius 2 is 1.68 bits per heavy atom. The molecule has 1 aliphatic rings. The van der Waals surface area contributed by atoms with E-state index in [2.05, 4.69) is 27.2 Å². The summed E-state index contributed by atoms with van der Waals surface area (Å²) in [5, 5.41) is 6.66. The summed E-state index contributed by atoms with van der Waals surface area (Å²) in [6.45, 7) is 1.04. The molecule has 0 atom stereocenters. The number of hydrogen-bond donors (Lipinski definition) is 1. The van der Waals surface area contributed by atoms with Crippen LogP contribution >= 0.6 is 0 Å². The lowest BCUT2D eigenvalue weighted by atomic mass is 9.99. The summed E-state index contributed by atoms with van der Waals surface area (Å²) < 4.78 is 1.32. The molecule has 3 aromatic heterocycles. The van der Waals surface area contributed by atoms with Crippen LogP contribution < -0.4 is 5.56 Å². The summed E-state index contributed by atoms with van der Waals surface area (Å²) >= 11 is 0. The number of carbonyl (C=O) groups excluding carboxylic acids is 1. The maximum absolute atomic E-state index is 13.6. The quantitative estimate of drug-likeness (QED) is 0.450. The van der Waals surface area contributed by atoms with Crippen LogP contribution in [0.2, 0.25) is 0 Å². The zero-order valence-electron chi connectivity index (χ0n) is 18.3. The molecule has 4 heterocycles. The second-order valence-corrected chi connectivity index (χ2v) is 8.28. The Labute approximate surface area is 195 Å². The molecule has 0 saturated carbocycles. The van der Waals surface area contributed by atoms with Crippen LogP contribution in [-0.4, -0.2) is 43.6 Å². The first-order chi connectivity index (χ1) is 16.7. The summed E-state index contributed by atoms with van der Waals surface area (Å²) in [7, 11) is 0. The van der Waals surface area contributed by atoms with E-state index >= 15 is 0 Å². The van der Waals surface area contributed by atoms with Crippen LogP contribution in [0, 0.1) is 0 Å². The molecule has 7 heteroatoms. The van der Waals surface area contributed by atoms with Crippen molar-refractivity contribution in [1.82, 2.24) is 24.6 Å². The number of carbonyl (C=O) groups is 1. The third-order valence-electron chi connectivity index (χ3n) is 6.30. The summed E-state index contributed by atoms with van der Waals surface area (Å²) in [6.07, 6.45) is 6.56. The first kappa shape index (κ1) is 20.1. The predicted octanol–water partition coefficient (Wildman–Crippen LogP) is 4.19. The van der Waals surface area contributed by atoms with Crippen molar-refractivity contribution in [2.24, 2.45) is 0 Å². The summed E-state index contributed by atoms with van der Waals surface area (Å²) in [5.41, 5.74) is 3.84. The molecule has 2 aromatic carbocycles. The highest BCUT2D eigenvalue weighted by Gasteiger charge is 2.25. The fraction of sp³-hybridized carbons (Fsp3) is 0.111. The SMILES string of the molecule is O=C(c1nn(-c2ccccc2)c(=O)c2ccccc12)N1CC=C(c2c[nH]c3ncccc23)CC1. The fourth-order valence-electron chi connectivity index (χ4n) is 4.56. The predicted molar refractivity (Wildman–Crippen MR) is 132 cm³/mol. The Morgan fingerprint density at radius 3 is 2.47 bits per heavy atom. The lowest BCUT2D eigenvalue weighted by Crippen LogP contribution is -2.37. The summed E-state index contributed by atoms with van der Waals surface area (Å²) in [4.78, 5) is 36.1. The number of pyridine rings is 1. The van der Waals surface area contributed by atoms with E-state index in [0.717, 1.165) is 23.0 Å². The normalized spacial score (nSPS) is 13.9. The fourth-order valence-corrected chi connectivity index (χ4v) is 4.56. The van der Waals surface area contributed by atoms with Crippen LogP contribution in [-0.2, 0) is 0 Å². The van der Waals surface area contributed by atoms with Gasteiger partial charge < -0.3 is 9.88 Å². The Bertz CT molecular complexity index is 1630. The van der Waals surface area contributed by atoms with Gasteiger partial charge in [-0.25, -0.2) is 4.98 Å². The zero-order chi connectivity index (χ0) is 23.1. The maximum Gasteiger partial charge on any atom is 0.279 e. The van der Waals surface area contributed by atoms with Crippen LogP contribution in [0.4, 0.5) is 0 Å². The van der Waals surface area contributed by atoms with Crippen LogP contribution in [0.5, 0.6) is 0 Å². The molecule has 6 rings (SSSR count). The molecular weight excluding hydrogens is 426 g/mol. The second kappa shape index (κ2) is 8.12. The Morgan fingerprint density at radius 1 is 0.912 bits per heavy atom. The van der Waals surface area contributed by atoms with Gasteiger partial charge in [0.25, 0.3) is 11.5 Å². The molecule has 1 N–H and O–H groups in total. The van der Waals surface area contributed by atoms with Gasteiger partial charge >= 0.3 is 0 Å². The topological polar surface area (TPSA) is 83.9 Å². The number of para-hydroxylation sites is 1. The highest BCUT2D eigenvalue weighted by atomic mass is 16.2. The molecule has 34 heavy (non-hydrogen) atoms. The Balaban J connectivity index is 1.37. The van der Waals surface area contributed by atoms with Crippen molar-refractivity contribution in [3.8, 4) is 5.69 Å². The van der Waals surface area contributed by atoms with Gasteiger partial charge in [0.15, 0.2) is 5.69 Å². The van der Waals surface area contributed by atoms with Crippen LogP contribution in [0.25, 0.3) is 33.1 Å². The smallest absolute Gasteiger partial charge is 0.279 e. The Hall–Kier alpha value is -4.52. The van der Waals surface area contributed by atoms with Gasteiger partial charge in [-0.1, -0.05) is 42.5 Å². The van der Waals surface area contributed by atoms with E-state index in [0.29, 0.717) is 29.5 Å². The van der Waals surface area contributed by atoms with Gasteiger partial charge in [0.2, 0.25) is 0 Å². The number of rotatable bonds is 3. The van der Waals surface area contributed by atoms with Crippen molar-refractivity contribution in [3.63, 3.8) is 0 Å². The molecule has 0 aliphatic carbocycles. The number of aromatic amines is 1. The van der Waals surface area contributed by atoms with E-state index in [1.54, 1.807) is 29.3 Å². The minimum absolute atomic E-state index is 0.184. The van der Waals surface area contributed by atoms with Gasteiger partial charge in [0.05, 0.1) is 11.1 Å². The van der Waals surface area contributed by atoms with Gasteiger partial charge in [0, 0.05) is 41.8 Å². The molecule has 7 nitrogen and oxygen atoms in total. The van der Waals surface area contributed by atoms with E-state index < -0.39 is 0 Å². The number of aromatic nitrogens is 4. The van der Waals surface area contributed by atoms with Gasteiger partial charge in [0.1, 0.15) is 5.65 Å². The van der Waals surface area contributed by atoms with Gasteiger partial charge in [-0.2, -0.15) is 9.78 Å². The lowest BCUT2D eigenvalue weighted by Gasteiger charge is -2.26. The van der Waals surface area contributed by atoms with Crippen molar-refractivity contribution < 1.29 is 4.79 Å². The number of benzene rings is 2. The van der Waals surface area contributed by atoms with Crippen LogP contribution in [0.3, 0.4) is 0 Å². The minimum atomic E-state index is -0.243. The van der Waals surface area contributed by atoms with Crippen molar-refractivity contribution in [2.45, 2.75) is 6.42 Å². The molecule has 1 amide bonds. The minimum Gasteiger partial charge on any atom is -0.346 e. The van der Waals surface area contributed by atoms with Gasteiger partial charge in [-0.3, -0.25) is 9.59 Å². The number of H-pyrrole nitrogens is 1. The highest BCUT2D eigenvalue weighted by molar-refractivity contribution is 6.05. The molecule has 166 valence electrons.